The second-order valence-corrected chi connectivity index (χ2v) is 13.6. The molecule has 0 aliphatic carbocycles. The minimum absolute atomic E-state index is 0.975. The molecule has 2 heteroatoms. The van der Waals surface area contributed by atoms with E-state index in [1.165, 1.54) is 137 Å². The number of hydrogen-bond donors (Lipinski definition) is 0. The number of rotatable bonds is 25. The van der Waals surface area contributed by atoms with Crippen molar-refractivity contribution in [3.63, 3.8) is 0 Å². The summed E-state index contributed by atoms with van der Waals surface area (Å²) in [6.07, 6.45) is 28.7. The molecule has 0 heterocycles. The Morgan fingerprint density at radius 2 is 0.639 bits per heavy atom. The molecule has 0 rings (SSSR count). The van der Waals surface area contributed by atoms with Gasteiger partial charge in [-0.1, -0.05) is 209 Å². The molecule has 0 aromatic rings. The van der Waals surface area contributed by atoms with Gasteiger partial charge >= 0.3 is 0 Å². The average Bonchev–Trinajstić information content (AvgIpc) is 2.92. The highest BCUT2D eigenvalue weighted by Crippen LogP contribution is 2.26. The van der Waals surface area contributed by atoms with Crippen LogP contribution < -0.4 is 0 Å². The van der Waals surface area contributed by atoms with Gasteiger partial charge < -0.3 is 0 Å². The molecule has 220 valence electrons. The van der Waals surface area contributed by atoms with E-state index in [2.05, 4.69) is 93.6 Å². The molecule has 0 aromatic heterocycles. The number of halogens is 2. The van der Waals surface area contributed by atoms with Crippen LogP contribution in [-0.4, -0.2) is 8.86 Å². The van der Waals surface area contributed by atoms with Crippen molar-refractivity contribution in [3.05, 3.63) is 0 Å². The fraction of sp³-hybridized carbons (Fsp3) is 1.00. The zero-order valence-electron chi connectivity index (χ0n) is 26.2. The summed E-state index contributed by atoms with van der Waals surface area (Å²) >= 11 is 5.05. The molecule has 0 amide bonds. The maximum atomic E-state index is 2.55. The lowest BCUT2D eigenvalue weighted by atomic mass is 9.88. The van der Waals surface area contributed by atoms with Gasteiger partial charge in [-0.05, 0) is 46.9 Å². The molecule has 0 aliphatic rings. The van der Waals surface area contributed by atoms with Crippen molar-refractivity contribution in [2.75, 3.05) is 8.86 Å². The zero-order valence-corrected chi connectivity index (χ0v) is 30.5. The second-order valence-electron chi connectivity index (χ2n) is 11.7. The molecule has 0 spiro atoms. The molecule has 3 unspecified atom stereocenters. The van der Waals surface area contributed by atoms with E-state index in [-0.39, 0.29) is 0 Å². The van der Waals surface area contributed by atoms with E-state index in [1.54, 1.807) is 0 Å². The first-order valence-electron chi connectivity index (χ1n) is 16.6. The molecule has 0 saturated heterocycles. The van der Waals surface area contributed by atoms with Crippen LogP contribution in [0.3, 0.4) is 0 Å². The Labute approximate surface area is 258 Å². The molecule has 0 radical (unpaired) electrons. The molecule has 0 aliphatic heterocycles. The number of unbranched alkanes of at least 4 members (excludes halogenated alkanes) is 2. The molecule has 36 heavy (non-hydrogen) atoms. The second kappa shape index (κ2) is 31.0. The summed E-state index contributed by atoms with van der Waals surface area (Å²) in [5.74, 6) is 4.97. The average molecular weight is 733 g/mol. The van der Waals surface area contributed by atoms with Gasteiger partial charge in [0.05, 0.1) is 0 Å². The quantitative estimate of drug-likeness (QED) is 0.0498. The van der Waals surface area contributed by atoms with Crippen molar-refractivity contribution >= 4 is 45.2 Å². The van der Waals surface area contributed by atoms with Gasteiger partial charge in [-0.2, -0.15) is 0 Å². The summed E-state index contributed by atoms with van der Waals surface area (Å²) in [7, 11) is 0. The van der Waals surface area contributed by atoms with Gasteiger partial charge in [-0.3, -0.25) is 0 Å². The van der Waals surface area contributed by atoms with E-state index in [0.717, 1.165) is 29.6 Å². The molecule has 0 saturated carbocycles. The predicted molar refractivity (Wildman–Crippen MR) is 187 cm³/mol. The van der Waals surface area contributed by atoms with Gasteiger partial charge in [0.1, 0.15) is 0 Å². The molecular weight excluding hydrogens is 662 g/mol. The van der Waals surface area contributed by atoms with Crippen molar-refractivity contribution < 1.29 is 0 Å². The summed E-state index contributed by atoms with van der Waals surface area (Å²) in [5.41, 5.74) is 0. The Morgan fingerprint density at radius 1 is 0.333 bits per heavy atom. The van der Waals surface area contributed by atoms with E-state index in [1.807, 2.05) is 0 Å². The standard InChI is InChI=1S/C18H37I.C16H33I/c1-5-16(6-2)11-9-12-17(7-3)13-10-14-18(8-4)15-19;1-4-15(5-2)12-10-13-16(6-3)11-8-7-9-14-17/h16-18H,5-15H2,1-4H3;15-16H,4-14H2,1-3H3. The van der Waals surface area contributed by atoms with Crippen molar-refractivity contribution in [1.82, 2.24) is 0 Å². The predicted octanol–water partition coefficient (Wildman–Crippen LogP) is 13.9. The highest BCUT2D eigenvalue weighted by atomic mass is 127. The highest BCUT2D eigenvalue weighted by molar-refractivity contribution is 14.1. The van der Waals surface area contributed by atoms with Crippen LogP contribution in [0.15, 0.2) is 0 Å². The fourth-order valence-corrected chi connectivity index (χ4v) is 7.28. The lowest BCUT2D eigenvalue weighted by molar-refractivity contribution is 0.354. The third-order valence-corrected chi connectivity index (χ3v) is 11.2. The maximum Gasteiger partial charge on any atom is 0.00236 e. The van der Waals surface area contributed by atoms with Crippen LogP contribution in [0, 0.1) is 29.6 Å². The van der Waals surface area contributed by atoms with Crippen molar-refractivity contribution in [2.24, 2.45) is 29.6 Å². The van der Waals surface area contributed by atoms with Crippen LogP contribution in [0.25, 0.3) is 0 Å². The highest BCUT2D eigenvalue weighted by Gasteiger charge is 2.11. The molecule has 0 N–H and O–H groups in total. The van der Waals surface area contributed by atoms with Crippen molar-refractivity contribution in [2.45, 2.75) is 177 Å². The number of alkyl halides is 2. The van der Waals surface area contributed by atoms with Gasteiger partial charge in [0.2, 0.25) is 0 Å². The zero-order chi connectivity index (χ0) is 27.4. The van der Waals surface area contributed by atoms with Crippen LogP contribution in [-0.2, 0) is 0 Å². The molecule has 3 atom stereocenters. The van der Waals surface area contributed by atoms with Gasteiger partial charge in [-0.15, -0.1) is 0 Å². The topological polar surface area (TPSA) is 0 Å². The van der Waals surface area contributed by atoms with Crippen LogP contribution in [0.2, 0.25) is 0 Å². The normalized spacial score (nSPS) is 14.1. The molecule has 0 aromatic carbocycles. The summed E-state index contributed by atoms with van der Waals surface area (Å²) in [4.78, 5) is 0. The Kier molecular flexibility index (Phi) is 34.1. The van der Waals surface area contributed by atoms with E-state index in [9.17, 15) is 0 Å². The lowest BCUT2D eigenvalue weighted by Gasteiger charge is -2.18. The monoisotopic (exact) mass is 732 g/mol. The fourth-order valence-electron chi connectivity index (χ4n) is 5.68. The summed E-state index contributed by atoms with van der Waals surface area (Å²) < 4.78 is 2.68. The van der Waals surface area contributed by atoms with Gasteiger partial charge in [0, 0.05) is 4.43 Å². The molecule has 0 fully saturated rings. The Hall–Kier alpha value is 1.46. The van der Waals surface area contributed by atoms with E-state index >= 15 is 0 Å². The Balaban J connectivity index is 0. The minimum Gasteiger partial charge on any atom is -0.0864 e. The van der Waals surface area contributed by atoms with Gasteiger partial charge in [0.25, 0.3) is 0 Å². The molecule has 0 bridgehead atoms. The van der Waals surface area contributed by atoms with Crippen LogP contribution >= 0.6 is 45.2 Å². The summed E-state index contributed by atoms with van der Waals surface area (Å²) in [5, 5.41) is 0. The summed E-state index contributed by atoms with van der Waals surface area (Å²) in [6, 6.07) is 0. The lowest BCUT2D eigenvalue weighted by Crippen LogP contribution is -2.05. The third-order valence-electron chi connectivity index (χ3n) is 9.18. The minimum atomic E-state index is 0.975. The molecule has 0 nitrogen and oxygen atoms in total. The van der Waals surface area contributed by atoms with Gasteiger partial charge in [-0.25, -0.2) is 0 Å². The first kappa shape index (κ1) is 39.6. The van der Waals surface area contributed by atoms with Gasteiger partial charge in [0.15, 0.2) is 0 Å². The largest absolute Gasteiger partial charge is 0.0864 e. The van der Waals surface area contributed by atoms with E-state index in [4.69, 9.17) is 0 Å². The van der Waals surface area contributed by atoms with Crippen LogP contribution in [0.4, 0.5) is 0 Å². The molecular formula is C34H70I2. The maximum absolute atomic E-state index is 2.55. The Bertz CT molecular complexity index is 367. The van der Waals surface area contributed by atoms with E-state index < -0.39 is 0 Å². The first-order chi connectivity index (χ1) is 17.5. The number of hydrogen-bond acceptors (Lipinski definition) is 0. The summed E-state index contributed by atoms with van der Waals surface area (Å²) in [6.45, 7) is 16.5. The van der Waals surface area contributed by atoms with E-state index in [0.29, 0.717) is 0 Å². The smallest absolute Gasteiger partial charge is 0.00236 e. The third kappa shape index (κ3) is 24.5. The SMILES string of the molecule is CCC(CC)CCCC(CC)CCCC(CC)CI.CCC(CC)CCCC(CC)CCCCCI. The van der Waals surface area contributed by atoms with Crippen molar-refractivity contribution in [3.8, 4) is 0 Å². The van der Waals surface area contributed by atoms with Crippen LogP contribution in [0.1, 0.15) is 177 Å². The Morgan fingerprint density at radius 3 is 0.944 bits per heavy atom. The first-order valence-corrected chi connectivity index (χ1v) is 19.7. The van der Waals surface area contributed by atoms with Crippen molar-refractivity contribution in [1.29, 1.82) is 0 Å². The van der Waals surface area contributed by atoms with Crippen LogP contribution in [0.5, 0.6) is 0 Å².